The maximum atomic E-state index is 12.6. The van der Waals surface area contributed by atoms with Gasteiger partial charge in [-0.15, -0.1) is 11.8 Å². The minimum absolute atomic E-state index is 0.000324. The Balaban J connectivity index is 1.10. The zero-order valence-electron chi connectivity index (χ0n) is 17.5. The fraction of sp³-hybridized carbons (Fsp3) is 0.591. The number of fused-ring (bicyclic) bond motifs is 1. The molecule has 2 saturated heterocycles. The van der Waals surface area contributed by atoms with Crippen LogP contribution in [0.4, 0.5) is 0 Å². The highest BCUT2D eigenvalue weighted by Crippen LogP contribution is 2.25. The molecule has 2 aliphatic heterocycles. The number of hydrogen-bond acceptors (Lipinski definition) is 5. The molecule has 162 valence electrons. The van der Waals surface area contributed by atoms with Gasteiger partial charge in [0.25, 0.3) is 5.91 Å². The van der Waals surface area contributed by atoms with Crippen LogP contribution < -0.4 is 10.6 Å². The maximum Gasteiger partial charge on any atom is 0.252 e. The van der Waals surface area contributed by atoms with Crippen molar-refractivity contribution in [3.05, 3.63) is 36.3 Å². The number of nitrogens with one attached hydrogen (secondary N) is 2. The van der Waals surface area contributed by atoms with Crippen LogP contribution in [0.25, 0.3) is 5.65 Å². The third-order valence-corrected chi connectivity index (χ3v) is 7.31. The molecule has 4 heterocycles. The molecule has 0 aliphatic carbocycles. The number of thioether (sulfide) groups is 1. The summed E-state index contributed by atoms with van der Waals surface area (Å²) in [5.74, 6) is 1.83. The smallest absolute Gasteiger partial charge is 0.252 e. The van der Waals surface area contributed by atoms with Gasteiger partial charge in [-0.2, -0.15) is 0 Å². The van der Waals surface area contributed by atoms with Crippen LogP contribution in [0.15, 0.2) is 30.7 Å². The minimum Gasteiger partial charge on any atom is -0.352 e. The fourth-order valence-electron chi connectivity index (χ4n) is 4.34. The Morgan fingerprint density at radius 2 is 2.10 bits per heavy atom. The number of hydrogen-bond donors (Lipinski definition) is 2. The average molecular weight is 430 g/mol. The second kappa shape index (κ2) is 9.83. The highest BCUT2D eigenvalue weighted by molar-refractivity contribution is 8.00. The number of rotatable bonds is 7. The van der Waals surface area contributed by atoms with E-state index >= 15 is 0 Å². The molecule has 2 fully saturated rings. The molecule has 2 N–H and O–H groups in total. The van der Waals surface area contributed by atoms with Gasteiger partial charge in [-0.1, -0.05) is 12.8 Å². The lowest BCUT2D eigenvalue weighted by molar-refractivity contribution is -0.134. The summed E-state index contributed by atoms with van der Waals surface area (Å²) in [6.45, 7) is 4.58. The van der Waals surface area contributed by atoms with Crippen molar-refractivity contribution < 1.29 is 9.59 Å². The molecule has 0 aromatic carbocycles. The first kappa shape index (κ1) is 21.2. The number of aromatic nitrogens is 2. The summed E-state index contributed by atoms with van der Waals surface area (Å²) >= 11 is 1.82. The van der Waals surface area contributed by atoms with Crippen molar-refractivity contribution in [3.8, 4) is 0 Å². The normalized spacial score (nSPS) is 22.5. The van der Waals surface area contributed by atoms with Gasteiger partial charge in [0.1, 0.15) is 5.65 Å². The number of amides is 2. The van der Waals surface area contributed by atoms with Crippen LogP contribution in [0.5, 0.6) is 0 Å². The van der Waals surface area contributed by atoms with E-state index in [0.717, 1.165) is 50.2 Å². The Hall–Kier alpha value is -2.06. The quantitative estimate of drug-likeness (QED) is 0.662. The molecule has 7 nitrogen and oxygen atoms in total. The van der Waals surface area contributed by atoms with Gasteiger partial charge in [0.05, 0.1) is 17.0 Å². The van der Waals surface area contributed by atoms with E-state index < -0.39 is 0 Å². The van der Waals surface area contributed by atoms with Crippen LogP contribution in [-0.4, -0.2) is 62.9 Å². The Morgan fingerprint density at radius 1 is 1.27 bits per heavy atom. The molecule has 0 radical (unpaired) electrons. The number of nitrogens with zero attached hydrogens (tertiary/aromatic N) is 3. The van der Waals surface area contributed by atoms with Crippen LogP contribution in [0, 0.1) is 5.92 Å². The Kier molecular flexibility index (Phi) is 6.94. The van der Waals surface area contributed by atoms with Gasteiger partial charge in [-0.05, 0) is 44.2 Å². The standard InChI is InChI=1S/C22H31N5O2S/c1-16-25-19(15-30-16)22(29)26-11-7-17(8-12-26)4-2-3-9-24-21(28)18-5-6-20-23-10-13-27(20)14-18/h5-6,10,13-14,16-17,19,25H,2-4,7-9,11-12,15H2,1H3,(H,24,28). The summed E-state index contributed by atoms with van der Waals surface area (Å²) in [7, 11) is 0. The van der Waals surface area contributed by atoms with Crippen molar-refractivity contribution in [1.82, 2.24) is 24.9 Å². The molecule has 4 rings (SSSR count). The summed E-state index contributed by atoms with van der Waals surface area (Å²) in [5.41, 5.74) is 1.49. The molecule has 2 aromatic heterocycles. The van der Waals surface area contributed by atoms with Crippen LogP contribution in [0.1, 0.15) is 49.4 Å². The first-order valence-corrected chi connectivity index (χ1v) is 12.0. The van der Waals surface area contributed by atoms with Crippen molar-refractivity contribution in [3.63, 3.8) is 0 Å². The van der Waals surface area contributed by atoms with Crippen molar-refractivity contribution in [2.45, 2.75) is 50.4 Å². The highest BCUT2D eigenvalue weighted by Gasteiger charge is 2.32. The van der Waals surface area contributed by atoms with E-state index in [9.17, 15) is 9.59 Å². The second-order valence-corrected chi connectivity index (χ2v) is 9.70. The maximum absolute atomic E-state index is 12.6. The van der Waals surface area contributed by atoms with Gasteiger partial charge in [0.15, 0.2) is 0 Å². The third-order valence-electron chi connectivity index (χ3n) is 6.15. The summed E-state index contributed by atoms with van der Waals surface area (Å²) in [5, 5.41) is 6.77. The minimum atomic E-state index is -0.0366. The van der Waals surface area contributed by atoms with Crippen molar-refractivity contribution in [2.75, 3.05) is 25.4 Å². The Labute approximate surface area is 182 Å². The molecule has 30 heavy (non-hydrogen) atoms. The summed E-state index contributed by atoms with van der Waals surface area (Å²) in [6, 6.07) is 3.67. The molecule has 2 aromatic rings. The van der Waals surface area contributed by atoms with E-state index in [1.165, 1.54) is 6.42 Å². The number of carbonyl (C=O) groups excluding carboxylic acids is 2. The number of imidazole rings is 1. The first-order valence-electron chi connectivity index (χ1n) is 11.0. The SMILES string of the molecule is CC1NC(C(=O)N2CCC(CCCCNC(=O)c3ccc4nccn4c3)CC2)CS1. The Morgan fingerprint density at radius 3 is 2.87 bits per heavy atom. The van der Waals surface area contributed by atoms with E-state index in [-0.39, 0.29) is 17.9 Å². The number of likely N-dealkylation sites (tertiary alicyclic amines) is 1. The van der Waals surface area contributed by atoms with E-state index in [2.05, 4.69) is 22.5 Å². The zero-order valence-corrected chi connectivity index (χ0v) is 18.4. The fourth-order valence-corrected chi connectivity index (χ4v) is 5.32. The molecule has 0 spiro atoms. The molecular weight excluding hydrogens is 398 g/mol. The second-order valence-electron chi connectivity index (χ2n) is 8.33. The van der Waals surface area contributed by atoms with E-state index in [4.69, 9.17) is 0 Å². The van der Waals surface area contributed by atoms with Gasteiger partial charge >= 0.3 is 0 Å². The van der Waals surface area contributed by atoms with Gasteiger partial charge in [0, 0.05) is 44.0 Å². The van der Waals surface area contributed by atoms with E-state index in [1.54, 1.807) is 6.20 Å². The number of piperidine rings is 1. The molecule has 0 saturated carbocycles. The molecule has 2 amide bonds. The van der Waals surface area contributed by atoms with Crippen LogP contribution >= 0.6 is 11.8 Å². The molecule has 0 bridgehead atoms. The summed E-state index contributed by atoms with van der Waals surface area (Å²) in [4.78, 5) is 31.1. The average Bonchev–Trinajstić information content (AvgIpc) is 3.41. The number of pyridine rings is 1. The van der Waals surface area contributed by atoms with Crippen molar-refractivity contribution in [1.29, 1.82) is 0 Å². The lowest BCUT2D eigenvalue weighted by Gasteiger charge is -2.33. The topological polar surface area (TPSA) is 78.7 Å². The molecule has 2 atom stereocenters. The molecular formula is C22H31N5O2S. The molecule has 2 unspecified atom stereocenters. The van der Waals surface area contributed by atoms with E-state index in [0.29, 0.717) is 23.4 Å². The zero-order chi connectivity index (χ0) is 20.9. The summed E-state index contributed by atoms with van der Waals surface area (Å²) in [6.07, 6.45) is 10.8. The first-order chi connectivity index (χ1) is 14.6. The van der Waals surface area contributed by atoms with E-state index in [1.807, 2.05) is 45.6 Å². The lowest BCUT2D eigenvalue weighted by Crippen LogP contribution is -2.48. The van der Waals surface area contributed by atoms with Crippen LogP contribution in [-0.2, 0) is 4.79 Å². The van der Waals surface area contributed by atoms with Gasteiger partial charge < -0.3 is 14.6 Å². The molecule has 2 aliphatic rings. The van der Waals surface area contributed by atoms with Crippen molar-refractivity contribution in [2.24, 2.45) is 5.92 Å². The van der Waals surface area contributed by atoms with Crippen LogP contribution in [0.2, 0.25) is 0 Å². The monoisotopic (exact) mass is 429 g/mol. The summed E-state index contributed by atoms with van der Waals surface area (Å²) < 4.78 is 1.86. The predicted octanol–water partition coefficient (Wildman–Crippen LogP) is 2.52. The number of unbranched alkanes of at least 4 members (excludes halogenated alkanes) is 1. The largest absolute Gasteiger partial charge is 0.352 e. The molecule has 8 heteroatoms. The third kappa shape index (κ3) is 5.16. The van der Waals surface area contributed by atoms with Crippen molar-refractivity contribution >= 4 is 29.2 Å². The predicted molar refractivity (Wildman–Crippen MR) is 120 cm³/mol. The van der Waals surface area contributed by atoms with Gasteiger partial charge in [0.2, 0.25) is 5.91 Å². The Bertz CT molecular complexity index is 877. The van der Waals surface area contributed by atoms with Crippen LogP contribution in [0.3, 0.4) is 0 Å². The lowest BCUT2D eigenvalue weighted by atomic mass is 9.91. The van der Waals surface area contributed by atoms with Gasteiger partial charge in [-0.3, -0.25) is 14.9 Å². The number of carbonyl (C=O) groups is 2. The highest BCUT2D eigenvalue weighted by atomic mass is 32.2. The van der Waals surface area contributed by atoms with Gasteiger partial charge in [-0.25, -0.2) is 4.98 Å².